The van der Waals surface area contributed by atoms with E-state index in [1.165, 1.54) is 25.7 Å². The number of methoxy groups -OCH3 is 2. The zero-order valence-electron chi connectivity index (χ0n) is 21.8. The van der Waals surface area contributed by atoms with E-state index in [2.05, 4.69) is 19.1 Å². The van der Waals surface area contributed by atoms with Crippen LogP contribution in [0.3, 0.4) is 0 Å². The monoisotopic (exact) mass is 470 g/mol. The lowest BCUT2D eigenvalue weighted by Gasteiger charge is -2.33. The first-order valence-electron chi connectivity index (χ1n) is 13.1. The third-order valence-corrected chi connectivity index (χ3v) is 6.98. The van der Waals surface area contributed by atoms with Crippen LogP contribution in [-0.2, 0) is 19.0 Å². The summed E-state index contributed by atoms with van der Waals surface area (Å²) in [5.74, 6) is -0.726. The molecule has 0 aromatic carbocycles. The summed E-state index contributed by atoms with van der Waals surface area (Å²) in [6.07, 6.45) is 14.5. The number of allylic oxidation sites excluding steroid dienone is 2. The molecule has 6 nitrogen and oxygen atoms in total. The molecule has 1 rings (SSSR count). The van der Waals surface area contributed by atoms with Gasteiger partial charge in [-0.15, -0.1) is 0 Å². The molecule has 1 fully saturated rings. The van der Waals surface area contributed by atoms with Crippen molar-refractivity contribution in [3.05, 3.63) is 12.2 Å². The van der Waals surface area contributed by atoms with Gasteiger partial charge in [0, 0.05) is 33.5 Å². The number of rotatable bonds is 18. The largest absolute Gasteiger partial charge is 0.463 e. The molecule has 0 aromatic rings. The van der Waals surface area contributed by atoms with Gasteiger partial charge in [-0.3, -0.25) is 4.79 Å². The SMILES string of the molecule is CCCCCCCC(CC[C@H]1C(O)CC(O)C1C/C=C/CCCC(=O)OC(C)C)(OC)OC. The molecule has 1 aliphatic carbocycles. The van der Waals surface area contributed by atoms with E-state index in [1.54, 1.807) is 14.2 Å². The van der Waals surface area contributed by atoms with Crippen molar-refractivity contribution in [2.75, 3.05) is 14.2 Å². The fourth-order valence-electron chi connectivity index (χ4n) is 4.96. The number of aliphatic hydroxyl groups is 2. The molecule has 194 valence electrons. The highest BCUT2D eigenvalue weighted by molar-refractivity contribution is 5.69. The number of unbranched alkanes of at least 4 members (excludes halogenated alkanes) is 5. The molecule has 33 heavy (non-hydrogen) atoms. The van der Waals surface area contributed by atoms with Crippen molar-refractivity contribution in [2.24, 2.45) is 11.8 Å². The minimum Gasteiger partial charge on any atom is -0.463 e. The van der Waals surface area contributed by atoms with Crippen molar-refractivity contribution in [3.8, 4) is 0 Å². The van der Waals surface area contributed by atoms with Gasteiger partial charge in [-0.1, -0.05) is 44.8 Å². The van der Waals surface area contributed by atoms with Crippen LogP contribution >= 0.6 is 0 Å². The van der Waals surface area contributed by atoms with Gasteiger partial charge in [0.05, 0.1) is 18.3 Å². The Morgan fingerprint density at radius 1 is 0.970 bits per heavy atom. The summed E-state index contributed by atoms with van der Waals surface area (Å²) in [5.41, 5.74) is 0. The second-order valence-corrected chi connectivity index (χ2v) is 9.86. The Bertz CT molecular complexity index is 543. The van der Waals surface area contributed by atoms with Gasteiger partial charge in [0.15, 0.2) is 5.79 Å². The van der Waals surface area contributed by atoms with Crippen molar-refractivity contribution >= 4 is 5.97 Å². The quantitative estimate of drug-likeness (QED) is 0.118. The Hall–Kier alpha value is -0.950. The predicted octanol–water partition coefficient (Wildman–Crippen LogP) is 5.54. The van der Waals surface area contributed by atoms with Crippen LogP contribution in [0.4, 0.5) is 0 Å². The Morgan fingerprint density at radius 2 is 1.64 bits per heavy atom. The van der Waals surface area contributed by atoms with Crippen LogP contribution in [0.5, 0.6) is 0 Å². The molecule has 3 unspecified atom stereocenters. The lowest BCUT2D eigenvalue weighted by Crippen LogP contribution is -2.35. The minimum atomic E-state index is -0.621. The summed E-state index contributed by atoms with van der Waals surface area (Å²) in [6, 6.07) is 0. The first-order chi connectivity index (χ1) is 15.8. The number of aliphatic hydroxyl groups excluding tert-OH is 2. The highest BCUT2D eigenvalue weighted by Crippen LogP contribution is 2.40. The fourth-order valence-corrected chi connectivity index (χ4v) is 4.96. The number of carbonyl (C=O) groups excluding carboxylic acids is 1. The van der Waals surface area contributed by atoms with E-state index in [9.17, 15) is 15.0 Å². The van der Waals surface area contributed by atoms with E-state index in [4.69, 9.17) is 14.2 Å². The molecule has 0 saturated heterocycles. The van der Waals surface area contributed by atoms with Crippen LogP contribution in [0.2, 0.25) is 0 Å². The Kier molecular flexibility index (Phi) is 15.2. The zero-order valence-corrected chi connectivity index (χ0v) is 21.8. The van der Waals surface area contributed by atoms with Gasteiger partial charge in [-0.2, -0.15) is 0 Å². The number of hydrogen-bond acceptors (Lipinski definition) is 6. The van der Waals surface area contributed by atoms with E-state index in [-0.39, 0.29) is 23.9 Å². The first kappa shape index (κ1) is 30.1. The second-order valence-electron chi connectivity index (χ2n) is 9.86. The summed E-state index contributed by atoms with van der Waals surface area (Å²) >= 11 is 0. The van der Waals surface area contributed by atoms with Gasteiger partial charge < -0.3 is 24.4 Å². The molecule has 0 heterocycles. The first-order valence-corrected chi connectivity index (χ1v) is 13.1. The molecular formula is C27H50O6. The minimum absolute atomic E-state index is 0.0236. The molecule has 0 aromatic heterocycles. The lowest BCUT2D eigenvalue weighted by atomic mass is 9.85. The standard InChI is InChI=1S/C27H50O6/c1-6-7-8-11-14-18-27(31-4,32-5)19-17-23-22(24(28)20-25(23)29)15-12-9-10-13-16-26(30)33-21(2)3/h9,12,21-25,28-29H,6-8,10-11,13-20H2,1-5H3/b12-9+/t22?,23-,24?,25?/m1/s1. The maximum absolute atomic E-state index is 11.6. The van der Waals surface area contributed by atoms with Gasteiger partial charge in [0.1, 0.15) is 0 Å². The van der Waals surface area contributed by atoms with Crippen molar-refractivity contribution < 1.29 is 29.2 Å². The molecular weight excluding hydrogens is 420 g/mol. The third-order valence-electron chi connectivity index (χ3n) is 6.98. The molecule has 0 radical (unpaired) electrons. The summed E-state index contributed by atoms with van der Waals surface area (Å²) in [4.78, 5) is 11.6. The van der Waals surface area contributed by atoms with Crippen molar-refractivity contribution in [2.45, 2.75) is 128 Å². The van der Waals surface area contributed by atoms with E-state index >= 15 is 0 Å². The highest BCUT2D eigenvalue weighted by atomic mass is 16.7. The maximum atomic E-state index is 11.6. The van der Waals surface area contributed by atoms with Crippen LogP contribution in [0, 0.1) is 11.8 Å². The fraction of sp³-hybridized carbons (Fsp3) is 0.889. The van der Waals surface area contributed by atoms with E-state index < -0.39 is 18.0 Å². The average Bonchev–Trinajstić information content (AvgIpc) is 3.04. The summed E-state index contributed by atoms with van der Waals surface area (Å²) in [6.45, 7) is 5.92. The van der Waals surface area contributed by atoms with Crippen LogP contribution in [0.1, 0.15) is 104 Å². The number of hydrogen-bond donors (Lipinski definition) is 2. The smallest absolute Gasteiger partial charge is 0.306 e. The van der Waals surface area contributed by atoms with Gasteiger partial charge in [-0.05, 0) is 64.2 Å². The highest BCUT2D eigenvalue weighted by Gasteiger charge is 2.42. The number of esters is 1. The maximum Gasteiger partial charge on any atom is 0.306 e. The second kappa shape index (κ2) is 16.6. The normalized spacial score (nSPS) is 23.6. The van der Waals surface area contributed by atoms with Gasteiger partial charge >= 0.3 is 5.97 Å². The number of carbonyl (C=O) groups is 1. The summed E-state index contributed by atoms with van der Waals surface area (Å²) < 4.78 is 16.8. The molecule has 0 spiro atoms. The van der Waals surface area contributed by atoms with Gasteiger partial charge in [0.25, 0.3) is 0 Å². The third kappa shape index (κ3) is 11.3. The van der Waals surface area contributed by atoms with E-state index in [0.29, 0.717) is 19.3 Å². The van der Waals surface area contributed by atoms with E-state index in [1.807, 2.05) is 13.8 Å². The molecule has 6 heteroatoms. The Labute approximate surface area is 202 Å². The van der Waals surface area contributed by atoms with Crippen LogP contribution < -0.4 is 0 Å². The molecule has 1 aliphatic rings. The van der Waals surface area contributed by atoms with E-state index in [0.717, 1.165) is 38.5 Å². The van der Waals surface area contributed by atoms with Crippen molar-refractivity contribution in [1.29, 1.82) is 0 Å². The molecule has 1 saturated carbocycles. The van der Waals surface area contributed by atoms with Crippen molar-refractivity contribution in [3.63, 3.8) is 0 Å². The Balaban J connectivity index is 2.52. The number of ether oxygens (including phenoxy) is 3. The molecule has 4 atom stereocenters. The molecule has 0 aliphatic heterocycles. The van der Waals surface area contributed by atoms with Gasteiger partial charge in [-0.25, -0.2) is 0 Å². The van der Waals surface area contributed by atoms with Crippen molar-refractivity contribution in [1.82, 2.24) is 0 Å². The molecule has 0 bridgehead atoms. The Morgan fingerprint density at radius 3 is 2.27 bits per heavy atom. The van der Waals surface area contributed by atoms with Gasteiger partial charge in [0.2, 0.25) is 0 Å². The molecule has 2 N–H and O–H groups in total. The van der Waals surface area contributed by atoms with Crippen LogP contribution in [0.15, 0.2) is 12.2 Å². The molecule has 0 amide bonds. The summed E-state index contributed by atoms with van der Waals surface area (Å²) in [7, 11) is 3.40. The summed E-state index contributed by atoms with van der Waals surface area (Å²) in [5, 5.41) is 21.1. The predicted molar refractivity (Wildman–Crippen MR) is 132 cm³/mol. The topological polar surface area (TPSA) is 85.2 Å². The van der Waals surface area contributed by atoms with Crippen LogP contribution in [0.25, 0.3) is 0 Å². The lowest BCUT2D eigenvalue weighted by molar-refractivity contribution is -0.218. The average molecular weight is 471 g/mol. The van der Waals surface area contributed by atoms with Crippen LogP contribution in [-0.4, -0.2) is 54.5 Å². The zero-order chi connectivity index (χ0) is 24.7.